The number of hydrogen-bond acceptors (Lipinski definition) is 3. The molecule has 4 nitrogen and oxygen atoms in total. The zero-order valence-electron chi connectivity index (χ0n) is 7.83. The second kappa shape index (κ2) is 4.20. The molecule has 0 fully saturated rings. The SMILES string of the molecule is CCC(C)CS(=O)(=O)C(F)(F)C(=O)O. The lowest BCUT2D eigenvalue weighted by Crippen LogP contribution is -2.40. The van der Waals surface area contributed by atoms with E-state index in [1.54, 1.807) is 6.92 Å². The molecule has 0 aliphatic carbocycles. The fourth-order valence-electron chi connectivity index (χ4n) is 0.730. The van der Waals surface area contributed by atoms with E-state index in [1.807, 2.05) is 0 Å². The van der Waals surface area contributed by atoms with Crippen molar-refractivity contribution in [2.75, 3.05) is 5.75 Å². The molecular formula is C7H12F2O4S. The van der Waals surface area contributed by atoms with Crippen molar-refractivity contribution in [3.8, 4) is 0 Å². The quantitative estimate of drug-likeness (QED) is 0.768. The van der Waals surface area contributed by atoms with Gasteiger partial charge < -0.3 is 5.11 Å². The molecule has 0 saturated heterocycles. The Morgan fingerprint density at radius 3 is 2.21 bits per heavy atom. The van der Waals surface area contributed by atoms with Gasteiger partial charge in [-0.25, -0.2) is 13.2 Å². The summed E-state index contributed by atoms with van der Waals surface area (Å²) in [6.45, 7) is 3.11. The van der Waals surface area contributed by atoms with Crippen LogP contribution in [0.25, 0.3) is 0 Å². The minimum atomic E-state index is -4.90. The zero-order valence-corrected chi connectivity index (χ0v) is 8.64. The highest BCUT2D eigenvalue weighted by Gasteiger charge is 2.52. The number of sulfone groups is 1. The molecule has 0 rings (SSSR count). The van der Waals surface area contributed by atoms with Crippen LogP contribution in [0.3, 0.4) is 0 Å². The van der Waals surface area contributed by atoms with Gasteiger partial charge in [-0.2, -0.15) is 8.78 Å². The number of carbonyl (C=O) groups is 1. The van der Waals surface area contributed by atoms with Crippen LogP contribution in [0.5, 0.6) is 0 Å². The molecule has 0 heterocycles. The predicted octanol–water partition coefficient (Wildman–Crippen LogP) is 1.12. The predicted molar refractivity (Wildman–Crippen MR) is 45.8 cm³/mol. The van der Waals surface area contributed by atoms with Crippen LogP contribution in [0.1, 0.15) is 20.3 Å². The van der Waals surface area contributed by atoms with E-state index in [1.165, 1.54) is 6.92 Å². The summed E-state index contributed by atoms with van der Waals surface area (Å²) in [6.07, 6.45) is 0.398. The van der Waals surface area contributed by atoms with Crippen LogP contribution >= 0.6 is 0 Å². The fourth-order valence-corrected chi connectivity index (χ4v) is 2.19. The van der Waals surface area contributed by atoms with E-state index in [9.17, 15) is 22.0 Å². The minimum Gasteiger partial charge on any atom is -0.476 e. The molecule has 0 amide bonds. The second-order valence-corrected chi connectivity index (χ2v) is 5.19. The van der Waals surface area contributed by atoms with E-state index in [0.29, 0.717) is 6.42 Å². The summed E-state index contributed by atoms with van der Waals surface area (Å²) in [6, 6.07) is 0. The summed E-state index contributed by atoms with van der Waals surface area (Å²) < 4.78 is 47.1. The van der Waals surface area contributed by atoms with E-state index in [2.05, 4.69) is 0 Å². The Balaban J connectivity index is 4.89. The van der Waals surface area contributed by atoms with Crippen molar-refractivity contribution >= 4 is 15.8 Å². The molecule has 14 heavy (non-hydrogen) atoms. The monoisotopic (exact) mass is 230 g/mol. The molecule has 0 aliphatic heterocycles. The average molecular weight is 230 g/mol. The summed E-state index contributed by atoms with van der Waals surface area (Å²) in [4.78, 5) is 10.0. The van der Waals surface area contributed by atoms with E-state index < -0.39 is 32.7 Å². The van der Waals surface area contributed by atoms with Crippen LogP contribution in [-0.4, -0.2) is 30.5 Å². The normalized spacial score (nSPS) is 15.1. The van der Waals surface area contributed by atoms with Gasteiger partial charge in [0.25, 0.3) is 0 Å². The molecule has 0 spiro atoms. The highest BCUT2D eigenvalue weighted by atomic mass is 32.2. The topological polar surface area (TPSA) is 71.4 Å². The molecule has 7 heteroatoms. The molecule has 84 valence electrons. The molecular weight excluding hydrogens is 218 g/mol. The van der Waals surface area contributed by atoms with Crippen molar-refractivity contribution in [1.29, 1.82) is 0 Å². The van der Waals surface area contributed by atoms with Gasteiger partial charge in [-0.15, -0.1) is 0 Å². The van der Waals surface area contributed by atoms with Gasteiger partial charge in [-0.05, 0) is 5.92 Å². The van der Waals surface area contributed by atoms with E-state index in [0.717, 1.165) is 0 Å². The third-order valence-corrected chi connectivity index (χ3v) is 3.80. The Labute approximate surface area is 80.8 Å². The number of aliphatic carboxylic acids is 1. The lowest BCUT2D eigenvalue weighted by atomic mass is 10.2. The summed E-state index contributed by atoms with van der Waals surface area (Å²) >= 11 is 0. The summed E-state index contributed by atoms with van der Waals surface area (Å²) in [5.41, 5.74) is 0. The molecule has 0 aromatic carbocycles. The Bertz CT molecular complexity index is 310. The number of rotatable bonds is 5. The molecule has 1 unspecified atom stereocenters. The van der Waals surface area contributed by atoms with Crippen LogP contribution < -0.4 is 0 Å². The van der Waals surface area contributed by atoms with E-state index in [4.69, 9.17) is 5.11 Å². The Hall–Kier alpha value is -0.720. The van der Waals surface area contributed by atoms with Crippen molar-refractivity contribution in [3.05, 3.63) is 0 Å². The lowest BCUT2D eigenvalue weighted by molar-refractivity contribution is -0.153. The number of hydrogen-bond donors (Lipinski definition) is 1. The Morgan fingerprint density at radius 2 is 1.93 bits per heavy atom. The van der Waals surface area contributed by atoms with Crippen molar-refractivity contribution in [1.82, 2.24) is 0 Å². The first-order chi connectivity index (χ1) is 6.15. The smallest absolute Gasteiger partial charge is 0.439 e. The van der Waals surface area contributed by atoms with Gasteiger partial charge in [0.05, 0.1) is 5.75 Å². The average Bonchev–Trinajstić information content (AvgIpc) is 2.02. The van der Waals surface area contributed by atoms with Gasteiger partial charge in [-0.3, -0.25) is 0 Å². The third kappa shape index (κ3) is 2.63. The number of carboxylic acids is 1. The van der Waals surface area contributed by atoms with E-state index in [-0.39, 0.29) is 0 Å². The molecule has 0 aromatic rings. The van der Waals surface area contributed by atoms with Crippen molar-refractivity contribution in [2.45, 2.75) is 25.5 Å². The van der Waals surface area contributed by atoms with Gasteiger partial charge in [0.1, 0.15) is 0 Å². The number of carboxylic acid groups (broad SMARTS) is 1. The number of halogens is 2. The molecule has 1 N–H and O–H groups in total. The van der Waals surface area contributed by atoms with Gasteiger partial charge in [0.2, 0.25) is 9.84 Å². The fraction of sp³-hybridized carbons (Fsp3) is 0.857. The second-order valence-electron chi connectivity index (χ2n) is 3.12. The first-order valence-corrected chi connectivity index (χ1v) is 5.64. The van der Waals surface area contributed by atoms with Crippen LogP contribution in [0.2, 0.25) is 0 Å². The summed E-state index contributed by atoms with van der Waals surface area (Å²) in [5, 5.41) is 3.35. The van der Waals surface area contributed by atoms with Gasteiger partial charge in [0.15, 0.2) is 0 Å². The molecule has 0 aliphatic rings. The standard InChI is InChI=1S/C7H12F2O4S/c1-3-5(2)4-14(12,13)7(8,9)6(10)11/h5H,3-4H2,1-2H3,(H,10,11). The van der Waals surface area contributed by atoms with E-state index >= 15 is 0 Å². The van der Waals surface area contributed by atoms with Crippen LogP contribution in [0, 0.1) is 5.92 Å². The van der Waals surface area contributed by atoms with Crippen molar-refractivity contribution < 1.29 is 27.1 Å². The highest BCUT2D eigenvalue weighted by Crippen LogP contribution is 2.25. The largest absolute Gasteiger partial charge is 0.476 e. The first-order valence-electron chi connectivity index (χ1n) is 3.98. The van der Waals surface area contributed by atoms with Crippen molar-refractivity contribution in [3.63, 3.8) is 0 Å². The van der Waals surface area contributed by atoms with Crippen LogP contribution in [0.4, 0.5) is 8.78 Å². The Kier molecular flexibility index (Phi) is 3.99. The van der Waals surface area contributed by atoms with Gasteiger partial charge in [-0.1, -0.05) is 20.3 Å². The number of alkyl halides is 2. The Morgan fingerprint density at radius 1 is 1.50 bits per heavy atom. The van der Waals surface area contributed by atoms with Crippen molar-refractivity contribution in [2.24, 2.45) is 5.92 Å². The van der Waals surface area contributed by atoms with Gasteiger partial charge in [0, 0.05) is 0 Å². The lowest BCUT2D eigenvalue weighted by Gasteiger charge is -2.14. The third-order valence-electron chi connectivity index (χ3n) is 1.84. The van der Waals surface area contributed by atoms with Crippen LogP contribution in [-0.2, 0) is 14.6 Å². The maximum atomic E-state index is 12.6. The molecule has 0 saturated carbocycles. The first kappa shape index (κ1) is 13.3. The summed E-state index contributed by atoms with van der Waals surface area (Å²) in [5.74, 6) is -3.92. The molecule has 1 atom stereocenters. The minimum absolute atomic E-state index is 0.398. The maximum absolute atomic E-state index is 12.6. The van der Waals surface area contributed by atoms with Crippen LogP contribution in [0.15, 0.2) is 0 Å². The molecule has 0 aromatic heterocycles. The molecule has 0 bridgehead atoms. The van der Waals surface area contributed by atoms with Gasteiger partial charge >= 0.3 is 11.2 Å². The summed E-state index contributed by atoms with van der Waals surface area (Å²) in [7, 11) is -4.90. The maximum Gasteiger partial charge on any atom is 0.439 e. The highest BCUT2D eigenvalue weighted by molar-refractivity contribution is 7.93. The molecule has 0 radical (unpaired) electrons. The zero-order chi connectivity index (χ0) is 11.6.